The molecule has 2 aromatic carbocycles. The Hall–Kier alpha value is -2.84. The fourth-order valence-corrected chi connectivity index (χ4v) is 3.16. The molecule has 0 radical (unpaired) electrons. The van der Waals surface area contributed by atoms with Crippen LogP contribution in [-0.2, 0) is 4.79 Å². The molecule has 1 aromatic heterocycles. The third-order valence-corrected chi connectivity index (χ3v) is 4.42. The van der Waals surface area contributed by atoms with Gasteiger partial charge in [0.1, 0.15) is 5.01 Å². The number of nitro groups is 1. The fourth-order valence-electron chi connectivity index (χ4n) is 2.08. The third kappa shape index (κ3) is 3.81. The number of amides is 1. The summed E-state index contributed by atoms with van der Waals surface area (Å²) in [5.41, 5.74) is 1.37. The maximum absolute atomic E-state index is 11.4. The average molecular weight is 375 g/mol. The lowest BCUT2D eigenvalue weighted by atomic mass is 10.2. The molecule has 1 amide bonds. The van der Waals surface area contributed by atoms with E-state index in [1.807, 2.05) is 12.1 Å². The summed E-state index contributed by atoms with van der Waals surface area (Å²) in [5.74, 6) is -0.359. The van der Waals surface area contributed by atoms with E-state index in [0.29, 0.717) is 20.5 Å². The first kappa shape index (κ1) is 17.0. The summed E-state index contributed by atoms with van der Waals surface area (Å²) in [4.78, 5) is 26.1. The molecule has 0 saturated carbocycles. The van der Waals surface area contributed by atoms with Crippen LogP contribution < -0.4 is 4.80 Å². The van der Waals surface area contributed by atoms with Gasteiger partial charge in [-0.3, -0.25) is 14.9 Å². The van der Waals surface area contributed by atoms with Gasteiger partial charge in [-0.2, -0.15) is 10.1 Å². The predicted molar refractivity (Wildman–Crippen MR) is 94.8 cm³/mol. The minimum atomic E-state index is -0.477. The van der Waals surface area contributed by atoms with Gasteiger partial charge in [0.25, 0.3) is 5.69 Å². The van der Waals surface area contributed by atoms with Crippen LogP contribution in [0.1, 0.15) is 6.92 Å². The Bertz CT molecular complexity index is 1010. The van der Waals surface area contributed by atoms with E-state index in [1.165, 1.54) is 35.1 Å². The van der Waals surface area contributed by atoms with Crippen molar-refractivity contribution < 1.29 is 9.72 Å². The normalized spacial score (nSPS) is 11.5. The van der Waals surface area contributed by atoms with Gasteiger partial charge in [0.15, 0.2) is 0 Å². The number of non-ortho nitro benzene ring substituents is 1. The lowest BCUT2D eigenvalue weighted by Gasteiger charge is -2.00. The number of benzene rings is 2. The Balaban J connectivity index is 2.13. The van der Waals surface area contributed by atoms with E-state index >= 15 is 0 Å². The SMILES string of the molecule is CC(=O)N=c1sc(-c2ccc(Cl)cc2)nn1-c1ccc([N+](=O)[O-])cc1. The predicted octanol–water partition coefficient (Wildman–Crippen LogP) is 3.61. The molecule has 0 fully saturated rings. The Morgan fingerprint density at radius 3 is 2.40 bits per heavy atom. The van der Waals surface area contributed by atoms with Crippen molar-refractivity contribution in [1.82, 2.24) is 9.78 Å². The second-order valence-corrected chi connectivity index (χ2v) is 6.41. The Kier molecular flexibility index (Phi) is 4.73. The molecule has 0 unspecified atom stereocenters. The number of aromatic nitrogens is 2. The highest BCUT2D eigenvalue weighted by Gasteiger charge is 2.11. The largest absolute Gasteiger partial charge is 0.273 e. The standard InChI is InChI=1S/C16H11ClN4O3S/c1-10(22)18-16-20(13-6-8-14(9-7-13)21(23)24)19-15(25-16)11-2-4-12(17)5-3-11/h2-9H,1H3. The quantitative estimate of drug-likeness (QED) is 0.517. The van der Waals surface area contributed by atoms with E-state index in [1.54, 1.807) is 24.3 Å². The fraction of sp³-hybridized carbons (Fsp3) is 0.0625. The minimum absolute atomic E-state index is 0.0254. The van der Waals surface area contributed by atoms with Crippen LogP contribution in [0.2, 0.25) is 5.02 Å². The van der Waals surface area contributed by atoms with Gasteiger partial charge in [-0.05, 0) is 24.3 Å². The van der Waals surface area contributed by atoms with Crippen LogP contribution in [0.3, 0.4) is 0 Å². The van der Waals surface area contributed by atoms with Gasteiger partial charge in [-0.15, -0.1) is 0 Å². The molecular formula is C16H11ClN4O3S. The minimum Gasteiger partial charge on any atom is -0.273 e. The molecule has 3 rings (SSSR count). The Labute approximate surface area is 151 Å². The molecule has 1 heterocycles. The second kappa shape index (κ2) is 6.96. The van der Waals surface area contributed by atoms with Crippen molar-refractivity contribution in [2.24, 2.45) is 4.99 Å². The number of carbonyl (C=O) groups is 1. The first-order valence-electron chi connectivity index (χ1n) is 7.10. The lowest BCUT2D eigenvalue weighted by molar-refractivity contribution is -0.384. The molecular weight excluding hydrogens is 364 g/mol. The maximum atomic E-state index is 11.4. The first-order valence-corrected chi connectivity index (χ1v) is 8.30. The van der Waals surface area contributed by atoms with Crippen LogP contribution in [-0.4, -0.2) is 20.6 Å². The topological polar surface area (TPSA) is 90.4 Å². The summed E-state index contributed by atoms with van der Waals surface area (Å²) in [6.45, 7) is 1.35. The summed E-state index contributed by atoms with van der Waals surface area (Å²) in [6.07, 6.45) is 0. The number of hydrogen-bond donors (Lipinski definition) is 0. The zero-order chi connectivity index (χ0) is 18.0. The van der Waals surface area contributed by atoms with Gasteiger partial charge in [0, 0.05) is 29.6 Å². The van der Waals surface area contributed by atoms with Crippen molar-refractivity contribution in [3.63, 3.8) is 0 Å². The van der Waals surface area contributed by atoms with E-state index in [-0.39, 0.29) is 11.6 Å². The molecule has 0 bridgehead atoms. The molecule has 126 valence electrons. The number of carbonyl (C=O) groups excluding carboxylic acids is 1. The molecule has 9 heteroatoms. The van der Waals surface area contributed by atoms with Gasteiger partial charge < -0.3 is 0 Å². The van der Waals surface area contributed by atoms with E-state index < -0.39 is 4.92 Å². The number of rotatable bonds is 3. The van der Waals surface area contributed by atoms with Crippen LogP contribution in [0.5, 0.6) is 0 Å². The van der Waals surface area contributed by atoms with Crippen molar-refractivity contribution in [2.45, 2.75) is 6.92 Å². The summed E-state index contributed by atoms with van der Waals surface area (Å²) in [7, 11) is 0. The van der Waals surface area contributed by atoms with Crippen molar-refractivity contribution in [3.8, 4) is 16.3 Å². The van der Waals surface area contributed by atoms with Crippen molar-refractivity contribution in [3.05, 3.63) is 68.5 Å². The van der Waals surface area contributed by atoms with Gasteiger partial charge >= 0.3 is 0 Å². The van der Waals surface area contributed by atoms with E-state index in [9.17, 15) is 14.9 Å². The maximum Gasteiger partial charge on any atom is 0.269 e. The molecule has 0 N–H and O–H groups in total. The zero-order valence-electron chi connectivity index (χ0n) is 12.9. The monoisotopic (exact) mass is 374 g/mol. The van der Waals surface area contributed by atoms with Crippen LogP contribution >= 0.6 is 22.9 Å². The lowest BCUT2D eigenvalue weighted by Crippen LogP contribution is -2.15. The van der Waals surface area contributed by atoms with Crippen LogP contribution in [0.15, 0.2) is 53.5 Å². The number of nitrogens with zero attached hydrogens (tertiary/aromatic N) is 4. The molecule has 7 nitrogen and oxygen atoms in total. The van der Waals surface area contributed by atoms with Crippen LogP contribution in [0.25, 0.3) is 16.3 Å². The molecule has 0 aliphatic rings. The Morgan fingerprint density at radius 1 is 1.20 bits per heavy atom. The highest BCUT2D eigenvalue weighted by Crippen LogP contribution is 2.23. The Morgan fingerprint density at radius 2 is 1.84 bits per heavy atom. The molecule has 0 saturated heterocycles. The van der Waals surface area contributed by atoms with Gasteiger partial charge in [0.2, 0.25) is 10.7 Å². The third-order valence-electron chi connectivity index (χ3n) is 3.21. The molecule has 0 atom stereocenters. The summed E-state index contributed by atoms with van der Waals surface area (Å²) >= 11 is 7.14. The highest BCUT2D eigenvalue weighted by atomic mass is 35.5. The average Bonchev–Trinajstić information content (AvgIpc) is 2.98. The molecule has 3 aromatic rings. The molecule has 0 aliphatic heterocycles. The highest BCUT2D eigenvalue weighted by molar-refractivity contribution is 7.12. The number of hydrogen-bond acceptors (Lipinski definition) is 5. The van der Waals surface area contributed by atoms with Crippen molar-refractivity contribution in [1.29, 1.82) is 0 Å². The number of halogens is 1. The molecule has 0 spiro atoms. The summed E-state index contributed by atoms with van der Waals surface area (Å²) < 4.78 is 1.49. The van der Waals surface area contributed by atoms with E-state index in [0.717, 1.165) is 5.56 Å². The zero-order valence-corrected chi connectivity index (χ0v) is 14.5. The van der Waals surface area contributed by atoms with Gasteiger partial charge in [-0.25, -0.2) is 4.68 Å². The number of nitro benzene ring substituents is 1. The van der Waals surface area contributed by atoms with Crippen molar-refractivity contribution in [2.75, 3.05) is 0 Å². The summed E-state index contributed by atoms with van der Waals surface area (Å²) in [6, 6.07) is 13.0. The van der Waals surface area contributed by atoms with E-state index in [2.05, 4.69) is 10.1 Å². The van der Waals surface area contributed by atoms with Crippen molar-refractivity contribution >= 4 is 34.5 Å². The summed E-state index contributed by atoms with van der Waals surface area (Å²) in [5, 5.41) is 16.5. The second-order valence-electron chi connectivity index (χ2n) is 5.01. The van der Waals surface area contributed by atoms with Gasteiger partial charge in [0.05, 0.1) is 10.6 Å². The van der Waals surface area contributed by atoms with Crippen LogP contribution in [0.4, 0.5) is 5.69 Å². The smallest absolute Gasteiger partial charge is 0.269 e. The molecule has 0 aliphatic carbocycles. The van der Waals surface area contributed by atoms with Gasteiger partial charge in [-0.1, -0.05) is 35.1 Å². The molecule has 25 heavy (non-hydrogen) atoms. The first-order chi connectivity index (χ1) is 11.9. The van der Waals surface area contributed by atoms with Crippen LogP contribution in [0, 0.1) is 10.1 Å². The van der Waals surface area contributed by atoms with E-state index in [4.69, 9.17) is 11.6 Å².